The number of esters is 2. The smallest absolute Gasteiger partial charge is 0.329 e. The van der Waals surface area contributed by atoms with Crippen molar-refractivity contribution in [2.45, 2.75) is 44.7 Å². The second-order valence-electron chi connectivity index (χ2n) is 8.27. The van der Waals surface area contributed by atoms with E-state index in [1.54, 1.807) is 19.2 Å². The molecule has 2 atom stereocenters. The zero-order valence-electron chi connectivity index (χ0n) is 20.8. The maximum absolute atomic E-state index is 12.6. The van der Waals surface area contributed by atoms with Gasteiger partial charge in [-0.05, 0) is 43.7 Å². The van der Waals surface area contributed by atoms with Gasteiger partial charge in [-0.15, -0.1) is 0 Å². The van der Waals surface area contributed by atoms with Crippen LogP contribution in [0.5, 0.6) is 0 Å². The Hall–Kier alpha value is -3.78. The lowest BCUT2D eigenvalue weighted by molar-refractivity contribution is -0.147. The number of benzene rings is 2. The normalized spacial score (nSPS) is 12.5. The van der Waals surface area contributed by atoms with E-state index >= 15 is 0 Å². The number of nitrogens with one attached hydrogen (secondary N) is 2. The lowest BCUT2D eigenvalue weighted by atomic mass is 10.1. The summed E-state index contributed by atoms with van der Waals surface area (Å²) in [6.07, 6.45) is 4.07. The van der Waals surface area contributed by atoms with Crippen LogP contribution in [0.3, 0.4) is 0 Å². The minimum atomic E-state index is -0.882. The summed E-state index contributed by atoms with van der Waals surface area (Å²) in [4.78, 5) is 48.3. The summed E-state index contributed by atoms with van der Waals surface area (Å²) in [5, 5.41) is 5.62. The first-order valence-electron chi connectivity index (χ1n) is 11.9. The maximum Gasteiger partial charge on any atom is 0.329 e. The predicted octanol–water partition coefficient (Wildman–Crippen LogP) is 2.56. The zero-order chi connectivity index (χ0) is 26.2. The van der Waals surface area contributed by atoms with Crippen LogP contribution in [-0.4, -0.2) is 56.0 Å². The first kappa shape index (κ1) is 28.5. The van der Waals surface area contributed by atoms with Gasteiger partial charge in [0.15, 0.2) is 0 Å². The van der Waals surface area contributed by atoms with E-state index < -0.39 is 18.1 Å². The fourth-order valence-corrected chi connectivity index (χ4v) is 3.35. The number of amides is 1. The quantitative estimate of drug-likeness (QED) is 0.289. The number of rotatable bonds is 15. The summed E-state index contributed by atoms with van der Waals surface area (Å²) < 4.78 is 10.6. The van der Waals surface area contributed by atoms with E-state index in [4.69, 9.17) is 9.47 Å². The topological polar surface area (TPSA) is 111 Å². The summed E-state index contributed by atoms with van der Waals surface area (Å²) in [5.74, 6) is -1.45. The Balaban J connectivity index is 1.80. The van der Waals surface area contributed by atoms with Crippen LogP contribution in [-0.2, 0) is 41.5 Å². The highest BCUT2D eigenvalue weighted by molar-refractivity contribution is 5.87. The van der Waals surface area contributed by atoms with Crippen molar-refractivity contribution in [1.29, 1.82) is 0 Å². The van der Waals surface area contributed by atoms with Crippen LogP contribution in [0, 0.1) is 0 Å². The number of ketones is 1. The third-order valence-corrected chi connectivity index (χ3v) is 5.33. The molecule has 0 aromatic heterocycles. The van der Waals surface area contributed by atoms with Crippen molar-refractivity contribution < 1.29 is 28.7 Å². The predicted molar refractivity (Wildman–Crippen MR) is 136 cm³/mol. The van der Waals surface area contributed by atoms with E-state index in [2.05, 4.69) is 10.6 Å². The molecule has 0 aliphatic rings. The summed E-state index contributed by atoms with van der Waals surface area (Å²) in [5.41, 5.74) is 1.89. The van der Waals surface area contributed by atoms with Crippen molar-refractivity contribution in [3.63, 3.8) is 0 Å². The first-order valence-corrected chi connectivity index (χ1v) is 11.9. The number of hydrogen-bond acceptors (Lipinski definition) is 7. The van der Waals surface area contributed by atoms with Gasteiger partial charge < -0.3 is 24.9 Å². The van der Waals surface area contributed by atoms with E-state index in [-0.39, 0.29) is 50.1 Å². The third-order valence-electron chi connectivity index (χ3n) is 5.33. The molecule has 2 aromatic carbocycles. The highest BCUT2D eigenvalue weighted by Crippen LogP contribution is 2.07. The molecule has 2 aromatic rings. The van der Waals surface area contributed by atoms with Crippen molar-refractivity contribution in [3.05, 3.63) is 83.9 Å². The molecule has 192 valence electrons. The van der Waals surface area contributed by atoms with Gasteiger partial charge >= 0.3 is 11.9 Å². The Morgan fingerprint density at radius 2 is 1.22 bits per heavy atom. The van der Waals surface area contributed by atoms with Crippen molar-refractivity contribution in [2.24, 2.45) is 0 Å². The van der Waals surface area contributed by atoms with Gasteiger partial charge in [0.2, 0.25) is 5.91 Å². The molecule has 2 N–H and O–H groups in total. The van der Waals surface area contributed by atoms with Crippen LogP contribution in [0.1, 0.15) is 30.9 Å². The maximum atomic E-state index is 12.6. The van der Waals surface area contributed by atoms with Gasteiger partial charge in [-0.25, -0.2) is 4.79 Å². The first-order chi connectivity index (χ1) is 17.4. The van der Waals surface area contributed by atoms with Gasteiger partial charge in [0.05, 0.1) is 0 Å². The highest BCUT2D eigenvalue weighted by atomic mass is 16.5. The molecule has 0 aliphatic carbocycles. The van der Waals surface area contributed by atoms with Gasteiger partial charge in [-0.1, -0.05) is 60.7 Å². The molecule has 0 bridgehead atoms. The molecule has 0 saturated carbocycles. The Bertz CT molecular complexity index is 1010. The second kappa shape index (κ2) is 16.0. The minimum absolute atomic E-state index is 0.0110. The van der Waals surface area contributed by atoms with E-state index in [0.29, 0.717) is 6.42 Å². The molecule has 0 aliphatic heterocycles. The van der Waals surface area contributed by atoms with Crippen LogP contribution in [0.15, 0.2) is 72.8 Å². The number of carbonyl (C=O) groups is 4. The molecule has 0 heterocycles. The van der Waals surface area contributed by atoms with E-state index in [0.717, 1.165) is 11.1 Å². The molecule has 1 amide bonds. The number of hydrogen-bond donors (Lipinski definition) is 2. The van der Waals surface area contributed by atoms with Gasteiger partial charge in [0, 0.05) is 19.3 Å². The Morgan fingerprint density at radius 3 is 1.69 bits per heavy atom. The van der Waals surface area contributed by atoms with Crippen LogP contribution in [0.2, 0.25) is 0 Å². The summed E-state index contributed by atoms with van der Waals surface area (Å²) in [6.45, 7) is 1.41. The molecule has 36 heavy (non-hydrogen) atoms. The van der Waals surface area contributed by atoms with Crippen molar-refractivity contribution in [1.82, 2.24) is 10.6 Å². The minimum Gasteiger partial charge on any atom is -0.460 e. The van der Waals surface area contributed by atoms with Crippen LogP contribution in [0.4, 0.5) is 0 Å². The van der Waals surface area contributed by atoms with E-state index in [9.17, 15) is 19.2 Å². The SMILES string of the molecule is CNC(Cc1ccccc1)C(=O)OC/C=C/COC(=O)C(Cc1ccccc1)NC(=O)CCC(C)=O. The fraction of sp³-hybridized carbons (Fsp3) is 0.357. The monoisotopic (exact) mass is 494 g/mol. The van der Waals surface area contributed by atoms with Crippen LogP contribution in [0.25, 0.3) is 0 Å². The molecular weight excluding hydrogens is 460 g/mol. The molecule has 8 heteroatoms. The van der Waals surface area contributed by atoms with Gasteiger partial charge in [0.25, 0.3) is 0 Å². The number of ether oxygens (including phenoxy) is 2. The molecular formula is C28H34N2O6. The molecule has 0 spiro atoms. The molecule has 0 fully saturated rings. The number of likely N-dealkylation sites (N-methyl/N-ethyl adjacent to an activating group) is 1. The zero-order valence-corrected chi connectivity index (χ0v) is 20.8. The van der Waals surface area contributed by atoms with E-state index in [1.165, 1.54) is 6.92 Å². The van der Waals surface area contributed by atoms with Gasteiger partial charge in [0.1, 0.15) is 31.1 Å². The van der Waals surface area contributed by atoms with Crippen molar-refractivity contribution in [3.8, 4) is 0 Å². The average Bonchev–Trinajstić information content (AvgIpc) is 2.88. The molecule has 2 unspecified atom stereocenters. The lowest BCUT2D eigenvalue weighted by Crippen LogP contribution is -2.43. The van der Waals surface area contributed by atoms with Crippen LogP contribution < -0.4 is 10.6 Å². The lowest BCUT2D eigenvalue weighted by Gasteiger charge is -2.17. The molecule has 8 nitrogen and oxygen atoms in total. The third kappa shape index (κ3) is 11.1. The Kier molecular flexibility index (Phi) is 12.6. The van der Waals surface area contributed by atoms with Crippen LogP contribution >= 0.6 is 0 Å². The van der Waals surface area contributed by atoms with Gasteiger partial charge in [-0.2, -0.15) is 0 Å². The molecule has 2 rings (SSSR count). The largest absolute Gasteiger partial charge is 0.460 e. The number of Topliss-reactive ketones (excluding diaryl/α,β-unsaturated/α-hetero) is 1. The van der Waals surface area contributed by atoms with Crippen molar-refractivity contribution >= 4 is 23.6 Å². The number of carbonyl (C=O) groups excluding carboxylic acids is 4. The second-order valence-corrected chi connectivity index (χ2v) is 8.27. The summed E-state index contributed by atoms with van der Waals surface area (Å²) >= 11 is 0. The summed E-state index contributed by atoms with van der Waals surface area (Å²) in [7, 11) is 1.70. The molecule has 0 radical (unpaired) electrons. The summed E-state index contributed by atoms with van der Waals surface area (Å²) in [6, 6.07) is 17.6. The van der Waals surface area contributed by atoms with Crippen molar-refractivity contribution in [2.75, 3.05) is 20.3 Å². The standard InChI is InChI=1S/C28H34N2O6/c1-21(31)15-16-26(32)30-25(20-23-13-7-4-8-14-23)28(34)36-18-10-9-17-35-27(33)24(29-2)19-22-11-5-3-6-12-22/h3-14,24-25,29H,15-20H2,1-2H3,(H,30,32)/b10-9+. The van der Waals surface area contributed by atoms with Gasteiger partial charge in [-0.3, -0.25) is 9.59 Å². The molecule has 0 saturated heterocycles. The fourth-order valence-electron chi connectivity index (χ4n) is 3.35. The average molecular weight is 495 g/mol. The van der Waals surface area contributed by atoms with E-state index in [1.807, 2.05) is 60.7 Å². The Morgan fingerprint density at radius 1 is 0.750 bits per heavy atom. The highest BCUT2D eigenvalue weighted by Gasteiger charge is 2.23. The Labute approximate surface area is 212 Å².